The number of thioether (sulfide) groups is 1. The lowest BCUT2D eigenvalue weighted by atomic mass is 10.3. The second-order valence-electron chi connectivity index (χ2n) is 2.59. The summed E-state index contributed by atoms with van der Waals surface area (Å²) in [6.07, 6.45) is 1.32. The summed E-state index contributed by atoms with van der Waals surface area (Å²) in [6, 6.07) is 0. The predicted molar refractivity (Wildman–Crippen MR) is 53.5 cm³/mol. The summed E-state index contributed by atoms with van der Waals surface area (Å²) in [4.78, 5) is 4.08. The maximum Gasteiger partial charge on any atom is 0.152 e. The van der Waals surface area contributed by atoms with Gasteiger partial charge in [-0.2, -0.15) is 0 Å². The van der Waals surface area contributed by atoms with Gasteiger partial charge in [-0.25, -0.2) is 4.98 Å². The number of anilines is 1. The normalized spacial score (nSPS) is 15.9. The molecule has 1 heterocycles. The lowest BCUT2D eigenvalue weighted by Crippen LogP contribution is -2.14. The molecule has 0 aliphatic rings. The van der Waals surface area contributed by atoms with Crippen LogP contribution in [0.15, 0.2) is 10.5 Å². The number of nitrogens with zero attached hydrogens (tertiary/aromatic N) is 1. The van der Waals surface area contributed by atoms with Gasteiger partial charge >= 0.3 is 0 Å². The molecule has 2 unspecified atom stereocenters. The van der Waals surface area contributed by atoms with Crippen LogP contribution in [0.3, 0.4) is 0 Å². The van der Waals surface area contributed by atoms with Crippen molar-refractivity contribution in [3.8, 4) is 0 Å². The highest BCUT2D eigenvalue weighted by molar-refractivity contribution is 8.01. The first-order chi connectivity index (χ1) is 5.59. The van der Waals surface area contributed by atoms with Crippen LogP contribution in [-0.4, -0.2) is 21.4 Å². The summed E-state index contributed by atoms with van der Waals surface area (Å²) in [5.41, 5.74) is 5.51. The molecule has 0 aliphatic heterocycles. The Balaban J connectivity index is 2.52. The maximum atomic E-state index is 9.21. The van der Waals surface area contributed by atoms with E-state index in [9.17, 15) is 5.11 Å². The van der Waals surface area contributed by atoms with Crippen LogP contribution < -0.4 is 5.73 Å². The van der Waals surface area contributed by atoms with Gasteiger partial charge in [-0.1, -0.05) is 30.0 Å². The molecule has 0 bridgehead atoms. The molecule has 0 aliphatic carbocycles. The van der Waals surface area contributed by atoms with Crippen molar-refractivity contribution in [1.29, 1.82) is 0 Å². The summed E-state index contributed by atoms with van der Waals surface area (Å²) in [5.74, 6) is 0. The fourth-order valence-corrected chi connectivity index (χ4v) is 2.56. The van der Waals surface area contributed by atoms with Crippen molar-refractivity contribution >= 4 is 28.1 Å². The lowest BCUT2D eigenvalue weighted by molar-refractivity contribution is 0.196. The average Bonchev–Trinajstić information content (AvgIpc) is 2.35. The van der Waals surface area contributed by atoms with Crippen LogP contribution in [0.5, 0.6) is 0 Å². The summed E-state index contributed by atoms with van der Waals surface area (Å²) < 4.78 is 0.918. The van der Waals surface area contributed by atoms with E-state index >= 15 is 0 Å². The van der Waals surface area contributed by atoms with Crippen molar-refractivity contribution < 1.29 is 5.11 Å². The average molecular weight is 204 g/mol. The molecule has 1 aromatic heterocycles. The van der Waals surface area contributed by atoms with Crippen molar-refractivity contribution in [2.24, 2.45) is 0 Å². The molecule has 5 heteroatoms. The molecular weight excluding hydrogens is 192 g/mol. The second kappa shape index (κ2) is 4.11. The van der Waals surface area contributed by atoms with Gasteiger partial charge in [-0.15, -0.1) is 0 Å². The van der Waals surface area contributed by atoms with E-state index in [1.165, 1.54) is 11.3 Å². The SMILES string of the molecule is CC(O)C(C)Sc1ncc(N)s1. The van der Waals surface area contributed by atoms with Crippen LogP contribution in [0.25, 0.3) is 0 Å². The molecule has 2 atom stereocenters. The lowest BCUT2D eigenvalue weighted by Gasteiger charge is -2.11. The summed E-state index contributed by atoms with van der Waals surface area (Å²) in [6.45, 7) is 3.74. The Morgan fingerprint density at radius 3 is 2.75 bits per heavy atom. The predicted octanol–water partition coefficient (Wildman–Crippen LogP) is 1.59. The Kier molecular flexibility index (Phi) is 3.37. The Morgan fingerprint density at radius 2 is 2.33 bits per heavy atom. The van der Waals surface area contributed by atoms with Crippen LogP contribution in [0.4, 0.5) is 5.00 Å². The molecule has 1 rings (SSSR count). The van der Waals surface area contributed by atoms with E-state index < -0.39 is 0 Å². The van der Waals surface area contributed by atoms with Crippen LogP contribution in [0, 0.1) is 0 Å². The number of aromatic nitrogens is 1. The van der Waals surface area contributed by atoms with Gasteiger partial charge in [-0.3, -0.25) is 0 Å². The third-order valence-electron chi connectivity index (χ3n) is 1.47. The highest BCUT2D eigenvalue weighted by atomic mass is 32.2. The van der Waals surface area contributed by atoms with Gasteiger partial charge in [0.25, 0.3) is 0 Å². The standard InChI is InChI=1S/C7H12N2OS2/c1-4(10)5(2)11-7-9-3-6(8)12-7/h3-5,10H,8H2,1-2H3. The Morgan fingerprint density at radius 1 is 1.67 bits per heavy atom. The first kappa shape index (κ1) is 9.83. The van der Waals surface area contributed by atoms with Crippen molar-refractivity contribution in [3.63, 3.8) is 0 Å². The molecule has 0 saturated carbocycles. The van der Waals surface area contributed by atoms with Gasteiger partial charge in [0.15, 0.2) is 4.34 Å². The van der Waals surface area contributed by atoms with Crippen molar-refractivity contribution in [2.45, 2.75) is 29.5 Å². The quantitative estimate of drug-likeness (QED) is 0.734. The number of aliphatic hydroxyl groups is 1. The van der Waals surface area contributed by atoms with E-state index in [-0.39, 0.29) is 11.4 Å². The Bertz CT molecular complexity index is 249. The van der Waals surface area contributed by atoms with E-state index in [1.807, 2.05) is 6.92 Å². The fraction of sp³-hybridized carbons (Fsp3) is 0.571. The highest BCUT2D eigenvalue weighted by Gasteiger charge is 2.12. The van der Waals surface area contributed by atoms with Gasteiger partial charge in [0, 0.05) is 5.25 Å². The van der Waals surface area contributed by atoms with Crippen molar-refractivity contribution in [3.05, 3.63) is 6.20 Å². The zero-order chi connectivity index (χ0) is 9.14. The van der Waals surface area contributed by atoms with E-state index in [0.29, 0.717) is 0 Å². The van der Waals surface area contributed by atoms with E-state index in [0.717, 1.165) is 9.34 Å². The minimum absolute atomic E-state index is 0.163. The third-order valence-corrected chi connectivity index (χ3v) is 3.70. The number of rotatable bonds is 3. The highest BCUT2D eigenvalue weighted by Crippen LogP contribution is 2.29. The minimum Gasteiger partial charge on any atom is -0.392 e. The van der Waals surface area contributed by atoms with Gasteiger partial charge in [0.2, 0.25) is 0 Å². The fourth-order valence-electron chi connectivity index (χ4n) is 0.582. The van der Waals surface area contributed by atoms with Gasteiger partial charge < -0.3 is 10.8 Å². The number of thiazole rings is 1. The zero-order valence-electron chi connectivity index (χ0n) is 7.02. The molecule has 0 amide bonds. The second-order valence-corrected chi connectivity index (χ2v) is 5.28. The smallest absolute Gasteiger partial charge is 0.152 e. The topological polar surface area (TPSA) is 59.1 Å². The molecule has 1 aromatic rings. The Labute approximate surface area is 80.0 Å². The first-order valence-electron chi connectivity index (χ1n) is 3.65. The zero-order valence-corrected chi connectivity index (χ0v) is 8.65. The summed E-state index contributed by atoms with van der Waals surface area (Å²) in [5, 5.41) is 10.1. The third kappa shape index (κ3) is 2.66. The van der Waals surface area contributed by atoms with Crippen LogP contribution in [0.1, 0.15) is 13.8 Å². The van der Waals surface area contributed by atoms with Gasteiger partial charge in [0.1, 0.15) is 5.00 Å². The Hall–Kier alpha value is -0.260. The molecule has 12 heavy (non-hydrogen) atoms. The number of hydrogen-bond acceptors (Lipinski definition) is 5. The molecule has 3 nitrogen and oxygen atoms in total. The number of aliphatic hydroxyl groups excluding tert-OH is 1. The van der Waals surface area contributed by atoms with Crippen molar-refractivity contribution in [1.82, 2.24) is 4.98 Å². The van der Waals surface area contributed by atoms with E-state index in [1.54, 1.807) is 24.9 Å². The number of hydrogen-bond donors (Lipinski definition) is 2. The molecule has 68 valence electrons. The molecular formula is C7H12N2OS2. The van der Waals surface area contributed by atoms with Crippen LogP contribution in [-0.2, 0) is 0 Å². The molecule has 0 radical (unpaired) electrons. The van der Waals surface area contributed by atoms with E-state index in [4.69, 9.17) is 5.73 Å². The maximum absolute atomic E-state index is 9.21. The molecule has 3 N–H and O–H groups in total. The molecule has 0 fully saturated rings. The summed E-state index contributed by atoms with van der Waals surface area (Å²) in [7, 11) is 0. The monoisotopic (exact) mass is 204 g/mol. The number of nitrogens with two attached hydrogens (primary N) is 1. The molecule has 0 aromatic carbocycles. The first-order valence-corrected chi connectivity index (χ1v) is 5.35. The summed E-state index contributed by atoms with van der Waals surface area (Å²) >= 11 is 3.00. The largest absolute Gasteiger partial charge is 0.392 e. The molecule has 0 spiro atoms. The molecule has 0 saturated heterocycles. The van der Waals surface area contributed by atoms with Crippen LogP contribution in [0.2, 0.25) is 0 Å². The van der Waals surface area contributed by atoms with Gasteiger partial charge in [0.05, 0.1) is 12.3 Å². The van der Waals surface area contributed by atoms with Crippen LogP contribution >= 0.6 is 23.1 Å². The minimum atomic E-state index is -0.319. The van der Waals surface area contributed by atoms with Gasteiger partial charge in [-0.05, 0) is 6.92 Å². The number of nitrogen functional groups attached to an aromatic ring is 1. The van der Waals surface area contributed by atoms with E-state index in [2.05, 4.69) is 4.98 Å². The van der Waals surface area contributed by atoms with Crippen molar-refractivity contribution in [2.75, 3.05) is 5.73 Å².